The Morgan fingerprint density at radius 2 is 1.51 bits per heavy atom. The van der Waals surface area contributed by atoms with Crippen molar-refractivity contribution in [1.29, 1.82) is 5.41 Å². The predicted octanol–water partition coefficient (Wildman–Crippen LogP) is 9.67. The number of thiophene rings is 1. The van der Waals surface area contributed by atoms with E-state index in [9.17, 15) is 0 Å². The average Bonchev–Trinajstić information content (AvgIpc) is 3.33. The van der Waals surface area contributed by atoms with Crippen molar-refractivity contribution < 1.29 is 0 Å². The van der Waals surface area contributed by atoms with Gasteiger partial charge in [0, 0.05) is 37.0 Å². The number of anilines is 1. The van der Waals surface area contributed by atoms with E-state index in [0.717, 1.165) is 11.1 Å². The van der Waals surface area contributed by atoms with E-state index >= 15 is 0 Å². The van der Waals surface area contributed by atoms with Crippen LogP contribution in [-0.2, 0) is 6.42 Å². The van der Waals surface area contributed by atoms with Crippen LogP contribution in [0.5, 0.6) is 0 Å². The van der Waals surface area contributed by atoms with Gasteiger partial charge >= 0.3 is 0 Å². The van der Waals surface area contributed by atoms with Gasteiger partial charge in [-0.05, 0) is 72.4 Å². The molecule has 3 N–H and O–H groups in total. The van der Waals surface area contributed by atoms with Crippen molar-refractivity contribution in [3.8, 4) is 11.1 Å². The van der Waals surface area contributed by atoms with Crippen molar-refractivity contribution in [1.82, 2.24) is 0 Å². The number of benzene rings is 5. The second-order valence-corrected chi connectivity index (χ2v) is 11.1. The molecule has 0 radical (unpaired) electrons. The highest BCUT2D eigenvalue weighted by Gasteiger charge is 2.12. The van der Waals surface area contributed by atoms with Crippen LogP contribution in [0.25, 0.3) is 37.4 Å². The first-order valence-corrected chi connectivity index (χ1v) is 14.1. The van der Waals surface area contributed by atoms with Crippen LogP contribution in [0.1, 0.15) is 34.2 Å². The molecule has 1 aliphatic carbocycles. The van der Waals surface area contributed by atoms with Gasteiger partial charge in [0.2, 0.25) is 0 Å². The molecule has 0 atom stereocenters. The van der Waals surface area contributed by atoms with Crippen LogP contribution in [0.2, 0.25) is 0 Å². The summed E-state index contributed by atoms with van der Waals surface area (Å²) >= 11 is 1.92. The Kier molecular flexibility index (Phi) is 6.83. The molecule has 5 aromatic carbocycles. The molecule has 1 aromatic heterocycles. The number of aryl methyl sites for hydroxylation is 2. The molecule has 39 heavy (non-hydrogen) atoms. The van der Waals surface area contributed by atoms with Crippen LogP contribution in [0.15, 0.2) is 115 Å². The van der Waals surface area contributed by atoms with Gasteiger partial charge in [-0.15, -0.1) is 11.3 Å². The molecule has 0 fully saturated rings. The third-order valence-corrected chi connectivity index (χ3v) is 8.39. The van der Waals surface area contributed by atoms with Crippen molar-refractivity contribution in [2.24, 2.45) is 0 Å². The van der Waals surface area contributed by atoms with Gasteiger partial charge in [-0.25, -0.2) is 0 Å². The van der Waals surface area contributed by atoms with Gasteiger partial charge in [-0.1, -0.05) is 96.6 Å². The molecule has 190 valence electrons. The first kappa shape index (κ1) is 24.8. The lowest BCUT2D eigenvalue weighted by Crippen LogP contribution is -2.04. The van der Waals surface area contributed by atoms with Gasteiger partial charge in [-0.3, -0.25) is 5.41 Å². The van der Waals surface area contributed by atoms with E-state index in [2.05, 4.69) is 73.7 Å². The summed E-state index contributed by atoms with van der Waals surface area (Å²) in [5.41, 5.74) is 15.4. The lowest BCUT2D eigenvalue weighted by atomic mass is 9.95. The minimum Gasteiger partial charge on any atom is -0.398 e. The van der Waals surface area contributed by atoms with Gasteiger partial charge in [-0.2, -0.15) is 0 Å². The Morgan fingerprint density at radius 3 is 2.33 bits per heavy atom. The third-order valence-electron chi connectivity index (χ3n) is 7.25. The summed E-state index contributed by atoms with van der Waals surface area (Å²) < 4.78 is 2.80. The average molecular weight is 523 g/mol. The number of fused-ring (bicyclic) bond motifs is 4. The summed E-state index contributed by atoms with van der Waals surface area (Å²) in [7, 11) is 0. The van der Waals surface area contributed by atoms with Gasteiger partial charge < -0.3 is 5.73 Å². The van der Waals surface area contributed by atoms with Crippen molar-refractivity contribution in [2.75, 3.05) is 5.73 Å². The summed E-state index contributed by atoms with van der Waals surface area (Å²) in [4.78, 5) is 0. The Hall–Kier alpha value is -4.47. The maximum atomic E-state index is 8.03. The van der Waals surface area contributed by atoms with Crippen LogP contribution in [-0.4, -0.2) is 5.71 Å². The van der Waals surface area contributed by atoms with E-state index in [4.69, 9.17) is 11.1 Å². The molecule has 0 bridgehead atoms. The van der Waals surface area contributed by atoms with Gasteiger partial charge in [0.1, 0.15) is 0 Å². The van der Waals surface area contributed by atoms with E-state index in [-0.39, 0.29) is 0 Å². The Bertz CT molecular complexity index is 1840. The second kappa shape index (κ2) is 10.7. The normalized spacial score (nSPS) is 12.1. The molecule has 0 amide bonds. The van der Waals surface area contributed by atoms with E-state index in [0.29, 0.717) is 11.4 Å². The minimum absolute atomic E-state index is 0.466. The highest BCUT2D eigenvalue weighted by atomic mass is 32.1. The van der Waals surface area contributed by atoms with Crippen LogP contribution in [0.4, 0.5) is 5.69 Å². The molecular weight excluding hydrogens is 492 g/mol. The zero-order chi connectivity index (χ0) is 26.8. The summed E-state index contributed by atoms with van der Waals surface area (Å²) in [5.74, 6) is 0. The first-order chi connectivity index (χ1) is 19.1. The van der Waals surface area contributed by atoms with Crippen LogP contribution >= 0.6 is 11.3 Å². The summed E-state index contributed by atoms with van der Waals surface area (Å²) in [6.45, 7) is 2.15. The molecule has 3 heteroatoms. The highest BCUT2D eigenvalue weighted by Crippen LogP contribution is 2.39. The lowest BCUT2D eigenvalue weighted by Gasteiger charge is -2.10. The summed E-state index contributed by atoms with van der Waals surface area (Å²) in [6, 6.07) is 37.5. The standard InChI is InChI=1S/C23H18S.C13H12N2/c1-15-5-4-8-16(11-15)19-9-10-22-20(13-19)21-12-17-6-2-3-7-18(17)14-23(21)24-22;14-12-9-5-4-8-11(12)13(15)10-6-2-1-3-7-10/h2,4-6,8-14H,3,7H2,1H3;1-9,15H,14H2. The van der Waals surface area contributed by atoms with Gasteiger partial charge in [0.25, 0.3) is 0 Å². The Morgan fingerprint density at radius 1 is 0.744 bits per heavy atom. The number of hydrogen-bond acceptors (Lipinski definition) is 3. The van der Waals surface area contributed by atoms with E-state index < -0.39 is 0 Å². The highest BCUT2D eigenvalue weighted by molar-refractivity contribution is 7.25. The predicted molar refractivity (Wildman–Crippen MR) is 170 cm³/mol. The molecule has 0 saturated carbocycles. The summed E-state index contributed by atoms with van der Waals surface area (Å²) in [5, 5.41) is 10.8. The van der Waals surface area contributed by atoms with Crippen LogP contribution < -0.4 is 5.73 Å². The monoisotopic (exact) mass is 522 g/mol. The molecular formula is C36H30N2S. The summed E-state index contributed by atoms with van der Waals surface area (Å²) in [6.07, 6.45) is 6.92. The number of nitrogens with two attached hydrogens (primary N) is 1. The smallest absolute Gasteiger partial charge is 0.0705 e. The number of para-hydroxylation sites is 1. The quantitative estimate of drug-likeness (QED) is 0.176. The number of nitrogen functional groups attached to an aromatic ring is 1. The topological polar surface area (TPSA) is 49.9 Å². The molecule has 0 saturated heterocycles. The van der Waals surface area contributed by atoms with Gasteiger partial charge in [0.15, 0.2) is 0 Å². The Labute approximate surface area is 233 Å². The molecule has 0 aliphatic heterocycles. The largest absolute Gasteiger partial charge is 0.398 e. The first-order valence-electron chi connectivity index (χ1n) is 13.3. The van der Waals surface area contributed by atoms with Crippen molar-refractivity contribution in [2.45, 2.75) is 19.8 Å². The van der Waals surface area contributed by atoms with Crippen molar-refractivity contribution >= 4 is 49.0 Å². The lowest BCUT2D eigenvalue weighted by molar-refractivity contribution is 0.989. The minimum atomic E-state index is 0.466. The molecule has 7 rings (SSSR count). The number of rotatable bonds is 3. The van der Waals surface area contributed by atoms with Gasteiger partial charge in [0.05, 0.1) is 5.71 Å². The maximum Gasteiger partial charge on any atom is 0.0705 e. The number of allylic oxidation sites excluding steroid dienone is 1. The van der Waals surface area contributed by atoms with Crippen LogP contribution in [0.3, 0.4) is 0 Å². The van der Waals surface area contributed by atoms with Crippen molar-refractivity contribution in [3.63, 3.8) is 0 Å². The SMILES string of the molecule is Cc1cccc(-c2ccc3sc4cc5c(cc4c3c2)C=CCC5)c1.N=C(c1ccccc1)c1ccccc1N. The number of nitrogens with one attached hydrogen (secondary N) is 1. The second-order valence-electron chi connectivity index (χ2n) is 10.00. The fraction of sp³-hybridized carbons (Fsp3) is 0.0833. The zero-order valence-corrected chi connectivity index (χ0v) is 22.8. The van der Waals surface area contributed by atoms with E-state index in [1.54, 1.807) is 0 Å². The third kappa shape index (κ3) is 5.14. The molecule has 1 aliphatic rings. The van der Waals surface area contributed by atoms with E-state index in [1.807, 2.05) is 65.9 Å². The zero-order valence-electron chi connectivity index (χ0n) is 21.9. The Balaban J connectivity index is 0.000000159. The fourth-order valence-corrected chi connectivity index (χ4v) is 6.32. The van der Waals surface area contributed by atoms with Crippen LogP contribution in [0, 0.1) is 12.3 Å². The van der Waals surface area contributed by atoms with E-state index in [1.165, 1.54) is 60.8 Å². The fourth-order valence-electron chi connectivity index (χ4n) is 5.19. The molecule has 0 unspecified atom stereocenters. The number of hydrogen-bond donors (Lipinski definition) is 2. The molecule has 2 nitrogen and oxygen atoms in total. The molecule has 6 aromatic rings. The van der Waals surface area contributed by atoms with Crippen molar-refractivity contribution in [3.05, 3.63) is 143 Å². The molecule has 0 spiro atoms. The molecule has 1 heterocycles. The maximum absolute atomic E-state index is 8.03.